The number of H-pyrrole nitrogens is 1. The van der Waals surface area contributed by atoms with E-state index in [4.69, 9.17) is 12.2 Å². The minimum atomic E-state index is 0.255. The molecule has 5 heteroatoms. The van der Waals surface area contributed by atoms with Crippen LogP contribution >= 0.6 is 12.2 Å². The Hall–Kier alpha value is -1.10. The summed E-state index contributed by atoms with van der Waals surface area (Å²) in [5.41, 5.74) is 1.04. The van der Waals surface area contributed by atoms with E-state index in [1.54, 1.807) is 0 Å². The molecule has 0 saturated carbocycles. The van der Waals surface area contributed by atoms with Crippen LogP contribution in [0.5, 0.6) is 0 Å². The largest absolute Gasteiger partial charge is 0.343 e. The van der Waals surface area contributed by atoms with Crippen molar-refractivity contribution >= 4 is 18.1 Å². The Labute approximate surface area is 107 Å². The molecule has 0 aromatic carbocycles. The Morgan fingerprint density at radius 1 is 1.41 bits per heavy atom. The number of carbonyl (C=O) groups is 1. The Morgan fingerprint density at radius 2 is 2.12 bits per heavy atom. The van der Waals surface area contributed by atoms with E-state index in [1.807, 2.05) is 22.6 Å². The van der Waals surface area contributed by atoms with Crippen LogP contribution in [-0.4, -0.2) is 33.4 Å². The van der Waals surface area contributed by atoms with Crippen molar-refractivity contribution in [3.8, 4) is 0 Å². The number of amides is 1. The normalized spacial score (nSPS) is 16.2. The molecule has 17 heavy (non-hydrogen) atoms. The van der Waals surface area contributed by atoms with Crippen molar-refractivity contribution in [1.29, 1.82) is 0 Å². The van der Waals surface area contributed by atoms with Gasteiger partial charge in [-0.15, -0.1) is 0 Å². The SMILES string of the molecule is Cc1cn(CCC(=O)N2CCCCC2)c(=S)[nH]1. The Kier molecular flexibility index (Phi) is 3.99. The second-order valence-electron chi connectivity index (χ2n) is 4.63. The van der Waals surface area contributed by atoms with Crippen LogP contribution in [-0.2, 0) is 11.3 Å². The third-order valence-electron chi connectivity index (χ3n) is 3.19. The number of aromatic nitrogens is 2. The molecule has 0 spiro atoms. The summed E-state index contributed by atoms with van der Waals surface area (Å²) in [6, 6.07) is 0. The third-order valence-corrected chi connectivity index (χ3v) is 3.53. The van der Waals surface area contributed by atoms with Gasteiger partial charge in [0, 0.05) is 37.9 Å². The molecule has 1 N–H and O–H groups in total. The highest BCUT2D eigenvalue weighted by Crippen LogP contribution is 2.10. The van der Waals surface area contributed by atoms with Crippen LogP contribution in [0.15, 0.2) is 6.20 Å². The van der Waals surface area contributed by atoms with Gasteiger partial charge in [0.2, 0.25) is 5.91 Å². The Balaban J connectivity index is 1.87. The van der Waals surface area contributed by atoms with Crippen LogP contribution in [0.4, 0.5) is 0 Å². The standard InChI is InChI=1S/C12H19N3OS/c1-10-9-15(12(17)13-10)8-5-11(16)14-6-3-2-4-7-14/h9H,2-8H2,1H3,(H,13,17). The monoisotopic (exact) mass is 253 g/mol. The number of rotatable bonds is 3. The van der Waals surface area contributed by atoms with E-state index in [0.29, 0.717) is 17.7 Å². The zero-order chi connectivity index (χ0) is 12.3. The topological polar surface area (TPSA) is 41.0 Å². The summed E-state index contributed by atoms with van der Waals surface area (Å²) < 4.78 is 2.64. The lowest BCUT2D eigenvalue weighted by atomic mass is 10.1. The molecule has 1 aliphatic rings. The number of imidazole rings is 1. The molecule has 94 valence electrons. The van der Waals surface area contributed by atoms with Crippen LogP contribution in [0.25, 0.3) is 0 Å². The Morgan fingerprint density at radius 3 is 2.71 bits per heavy atom. The van der Waals surface area contributed by atoms with Crippen LogP contribution in [0, 0.1) is 11.7 Å². The molecule has 0 bridgehead atoms. The lowest BCUT2D eigenvalue weighted by molar-refractivity contribution is -0.132. The summed E-state index contributed by atoms with van der Waals surface area (Å²) in [5, 5.41) is 0. The van der Waals surface area contributed by atoms with Crippen LogP contribution in [0.1, 0.15) is 31.4 Å². The highest BCUT2D eigenvalue weighted by Gasteiger charge is 2.15. The molecule has 0 unspecified atom stereocenters. The minimum absolute atomic E-state index is 0.255. The molecular weight excluding hydrogens is 234 g/mol. The summed E-state index contributed by atoms with van der Waals surface area (Å²) in [5.74, 6) is 0.255. The zero-order valence-electron chi connectivity index (χ0n) is 10.2. The lowest BCUT2D eigenvalue weighted by Crippen LogP contribution is -2.35. The number of aromatic amines is 1. The molecule has 0 aliphatic carbocycles. The van der Waals surface area contributed by atoms with Gasteiger partial charge in [0.25, 0.3) is 0 Å². The van der Waals surface area contributed by atoms with Gasteiger partial charge in [-0.1, -0.05) is 0 Å². The number of nitrogens with one attached hydrogen (secondary N) is 1. The molecule has 1 aromatic rings. The first kappa shape index (κ1) is 12.4. The number of likely N-dealkylation sites (tertiary alicyclic amines) is 1. The predicted octanol–water partition coefficient (Wildman–Crippen LogP) is 2.26. The van der Waals surface area contributed by atoms with Gasteiger partial charge >= 0.3 is 0 Å². The van der Waals surface area contributed by atoms with Gasteiger partial charge in [-0.25, -0.2) is 0 Å². The molecule has 1 amide bonds. The molecule has 0 atom stereocenters. The molecule has 1 aliphatic heterocycles. The molecule has 1 fully saturated rings. The highest BCUT2D eigenvalue weighted by molar-refractivity contribution is 7.71. The van der Waals surface area contributed by atoms with Crippen molar-refractivity contribution in [2.75, 3.05) is 13.1 Å². The predicted molar refractivity (Wildman–Crippen MR) is 69.4 cm³/mol. The third kappa shape index (κ3) is 3.19. The summed E-state index contributed by atoms with van der Waals surface area (Å²) in [7, 11) is 0. The van der Waals surface area contributed by atoms with Gasteiger partial charge in [0.1, 0.15) is 0 Å². The summed E-state index contributed by atoms with van der Waals surface area (Å²) >= 11 is 5.16. The molecule has 2 rings (SSSR count). The number of aryl methyl sites for hydroxylation is 2. The van der Waals surface area contributed by atoms with E-state index in [9.17, 15) is 4.79 Å². The summed E-state index contributed by atoms with van der Waals surface area (Å²) in [6.45, 7) is 4.50. The number of carbonyl (C=O) groups excluding carboxylic acids is 1. The number of hydrogen-bond acceptors (Lipinski definition) is 2. The number of piperidine rings is 1. The van der Waals surface area contributed by atoms with Gasteiger partial charge in [-0.3, -0.25) is 4.79 Å². The van der Waals surface area contributed by atoms with E-state index in [2.05, 4.69) is 4.98 Å². The zero-order valence-corrected chi connectivity index (χ0v) is 11.1. The average molecular weight is 253 g/mol. The van der Waals surface area contributed by atoms with Gasteiger partial charge in [0.15, 0.2) is 4.77 Å². The first-order chi connectivity index (χ1) is 8.16. The molecular formula is C12H19N3OS. The fraction of sp³-hybridized carbons (Fsp3) is 0.667. The van der Waals surface area contributed by atoms with E-state index >= 15 is 0 Å². The highest BCUT2D eigenvalue weighted by atomic mass is 32.1. The van der Waals surface area contributed by atoms with Gasteiger partial charge in [-0.2, -0.15) is 0 Å². The fourth-order valence-corrected chi connectivity index (χ4v) is 2.55. The van der Waals surface area contributed by atoms with Crippen molar-refractivity contribution in [2.45, 2.75) is 39.2 Å². The fourth-order valence-electron chi connectivity index (χ4n) is 2.25. The van der Waals surface area contributed by atoms with Crippen molar-refractivity contribution < 1.29 is 4.79 Å². The van der Waals surface area contributed by atoms with Crippen molar-refractivity contribution in [1.82, 2.24) is 14.5 Å². The molecule has 4 nitrogen and oxygen atoms in total. The van der Waals surface area contributed by atoms with Crippen molar-refractivity contribution in [3.05, 3.63) is 16.7 Å². The first-order valence-corrected chi connectivity index (χ1v) is 6.61. The lowest BCUT2D eigenvalue weighted by Gasteiger charge is -2.26. The second kappa shape index (κ2) is 5.49. The quantitative estimate of drug-likeness (QED) is 0.839. The summed E-state index contributed by atoms with van der Waals surface area (Å²) in [6.07, 6.45) is 6.06. The van der Waals surface area contributed by atoms with Crippen molar-refractivity contribution in [2.24, 2.45) is 0 Å². The van der Waals surface area contributed by atoms with Gasteiger partial charge < -0.3 is 14.5 Å². The second-order valence-corrected chi connectivity index (χ2v) is 5.01. The Bertz CT molecular complexity index is 443. The van der Waals surface area contributed by atoms with Crippen LogP contribution in [0.2, 0.25) is 0 Å². The van der Waals surface area contributed by atoms with E-state index < -0.39 is 0 Å². The molecule has 2 heterocycles. The minimum Gasteiger partial charge on any atom is -0.343 e. The molecule has 1 saturated heterocycles. The van der Waals surface area contributed by atoms with Crippen molar-refractivity contribution in [3.63, 3.8) is 0 Å². The van der Waals surface area contributed by atoms with E-state index in [0.717, 1.165) is 31.6 Å². The van der Waals surface area contributed by atoms with E-state index in [1.165, 1.54) is 6.42 Å². The van der Waals surface area contributed by atoms with E-state index in [-0.39, 0.29) is 5.91 Å². The molecule has 0 radical (unpaired) electrons. The van der Waals surface area contributed by atoms with Crippen LogP contribution in [0.3, 0.4) is 0 Å². The first-order valence-electron chi connectivity index (χ1n) is 6.20. The summed E-state index contributed by atoms with van der Waals surface area (Å²) in [4.78, 5) is 17.0. The average Bonchev–Trinajstić information content (AvgIpc) is 2.66. The molecule has 1 aromatic heterocycles. The van der Waals surface area contributed by atoms with Crippen LogP contribution < -0.4 is 0 Å². The number of nitrogens with zero attached hydrogens (tertiary/aromatic N) is 2. The maximum atomic E-state index is 12.0. The maximum Gasteiger partial charge on any atom is 0.224 e. The van der Waals surface area contributed by atoms with Gasteiger partial charge in [-0.05, 0) is 38.4 Å². The maximum absolute atomic E-state index is 12.0. The van der Waals surface area contributed by atoms with Gasteiger partial charge in [0.05, 0.1) is 0 Å². The number of hydrogen-bond donors (Lipinski definition) is 1. The smallest absolute Gasteiger partial charge is 0.224 e.